The number of aromatic nitrogens is 3. The number of carbonyl (C=O) groups is 1. The number of benzene rings is 3. The molecule has 1 aromatic heterocycles. The minimum Gasteiger partial charge on any atom is -0.490 e. The predicted octanol–water partition coefficient (Wildman–Crippen LogP) is 7.83. The van der Waals surface area contributed by atoms with Gasteiger partial charge in [0.2, 0.25) is 11.1 Å². The summed E-state index contributed by atoms with van der Waals surface area (Å²) in [6.07, 6.45) is 1.97. The molecule has 0 bridgehead atoms. The van der Waals surface area contributed by atoms with Crippen LogP contribution in [0.4, 0.5) is 5.95 Å². The Morgan fingerprint density at radius 3 is 2.58 bits per heavy atom. The molecule has 0 amide bonds. The molecule has 1 aliphatic heterocycles. The maximum Gasteiger partial charge on any atom is 0.338 e. The second-order valence-electron chi connectivity index (χ2n) is 10.0. The number of halogens is 1. The van der Waals surface area contributed by atoms with Crippen molar-refractivity contribution in [3.05, 3.63) is 106 Å². The van der Waals surface area contributed by atoms with Crippen LogP contribution in [-0.4, -0.2) is 33.9 Å². The van der Waals surface area contributed by atoms with Gasteiger partial charge in [0.15, 0.2) is 11.5 Å². The number of fused-ring (bicyclic) bond motifs is 1. The van der Waals surface area contributed by atoms with E-state index in [1.54, 1.807) is 4.68 Å². The lowest BCUT2D eigenvalue weighted by molar-refractivity contribution is -0.140. The SMILES string of the molecule is CCCCOc1ccc(C2C(C(=O)OCc3ccccc3)=C(C)Nc3nc(SCc4ccccc4Cl)nn32)cc1OCC. The maximum absolute atomic E-state index is 13.7. The van der Waals surface area contributed by atoms with Crippen LogP contribution in [0.3, 0.4) is 0 Å². The molecule has 0 saturated heterocycles. The Hall–Kier alpha value is -3.95. The number of esters is 1. The molecule has 3 aromatic carbocycles. The van der Waals surface area contributed by atoms with Crippen LogP contribution in [0.15, 0.2) is 89.2 Å². The van der Waals surface area contributed by atoms with Crippen molar-refractivity contribution >= 4 is 35.3 Å². The third-order valence-corrected chi connectivity index (χ3v) is 8.17. The maximum atomic E-state index is 13.7. The van der Waals surface area contributed by atoms with Gasteiger partial charge < -0.3 is 19.5 Å². The van der Waals surface area contributed by atoms with Gasteiger partial charge in [-0.05, 0) is 55.2 Å². The van der Waals surface area contributed by atoms with E-state index in [4.69, 9.17) is 35.9 Å². The van der Waals surface area contributed by atoms with Crippen LogP contribution < -0.4 is 14.8 Å². The Kier molecular flexibility index (Phi) is 10.3. The number of rotatable bonds is 13. The van der Waals surface area contributed by atoms with E-state index in [9.17, 15) is 4.79 Å². The minimum atomic E-state index is -0.606. The van der Waals surface area contributed by atoms with Crippen molar-refractivity contribution in [3.63, 3.8) is 0 Å². The van der Waals surface area contributed by atoms with E-state index in [-0.39, 0.29) is 6.61 Å². The average Bonchev–Trinajstić information content (AvgIpc) is 3.42. The standard InChI is InChI=1S/C33H35ClN4O4S/c1-4-6-18-41-27-17-16-24(19-28(27)40-5-2)30-29(31(39)42-20-23-12-8-7-9-13-23)22(3)35-32-36-33(37-38(30)32)43-21-25-14-10-11-15-26(25)34/h7-17,19,30H,4-6,18,20-21H2,1-3H3,(H,35,36,37). The van der Waals surface area contributed by atoms with E-state index in [1.807, 2.05) is 86.6 Å². The van der Waals surface area contributed by atoms with Gasteiger partial charge in [-0.1, -0.05) is 91.3 Å². The number of unbranched alkanes of at least 4 members (excludes halogenated alkanes) is 1. The largest absolute Gasteiger partial charge is 0.490 e. The van der Waals surface area contributed by atoms with E-state index < -0.39 is 12.0 Å². The summed E-state index contributed by atoms with van der Waals surface area (Å²) >= 11 is 7.86. The second-order valence-corrected chi connectivity index (χ2v) is 11.4. The Bertz CT molecular complexity index is 1590. The minimum absolute atomic E-state index is 0.153. The van der Waals surface area contributed by atoms with E-state index in [0.29, 0.717) is 57.9 Å². The van der Waals surface area contributed by atoms with Crippen LogP contribution in [0.5, 0.6) is 11.5 Å². The molecule has 5 rings (SSSR count). The Labute approximate surface area is 261 Å². The number of hydrogen-bond acceptors (Lipinski definition) is 8. The molecule has 1 unspecified atom stereocenters. The van der Waals surface area contributed by atoms with Crippen molar-refractivity contribution in [3.8, 4) is 11.5 Å². The second kappa shape index (κ2) is 14.5. The van der Waals surface area contributed by atoms with Crippen molar-refractivity contribution < 1.29 is 19.0 Å². The van der Waals surface area contributed by atoms with E-state index in [1.165, 1.54) is 11.8 Å². The van der Waals surface area contributed by atoms with Crippen molar-refractivity contribution in [2.24, 2.45) is 0 Å². The molecule has 1 N–H and O–H groups in total. The topological polar surface area (TPSA) is 87.5 Å². The summed E-state index contributed by atoms with van der Waals surface area (Å²) in [5.74, 6) is 1.97. The van der Waals surface area contributed by atoms with Crippen molar-refractivity contribution in [2.75, 3.05) is 18.5 Å². The van der Waals surface area contributed by atoms with Gasteiger partial charge in [0.05, 0.1) is 18.8 Å². The zero-order valence-electron chi connectivity index (χ0n) is 24.5. The lowest BCUT2D eigenvalue weighted by Gasteiger charge is -2.28. The predicted molar refractivity (Wildman–Crippen MR) is 170 cm³/mol. The number of nitrogens with zero attached hydrogens (tertiary/aromatic N) is 3. The van der Waals surface area contributed by atoms with Gasteiger partial charge in [-0.15, -0.1) is 5.10 Å². The molecule has 0 radical (unpaired) electrons. The molecule has 0 fully saturated rings. The summed E-state index contributed by atoms with van der Waals surface area (Å²) in [5.41, 5.74) is 3.78. The van der Waals surface area contributed by atoms with Gasteiger partial charge in [-0.25, -0.2) is 9.48 Å². The van der Waals surface area contributed by atoms with Crippen molar-refractivity contribution in [1.29, 1.82) is 0 Å². The molecule has 1 atom stereocenters. The quantitative estimate of drug-likeness (QED) is 0.0921. The van der Waals surface area contributed by atoms with Crippen LogP contribution in [0.25, 0.3) is 0 Å². The van der Waals surface area contributed by atoms with Crippen LogP contribution in [0.1, 0.15) is 56.3 Å². The summed E-state index contributed by atoms with van der Waals surface area (Å²) in [6, 6.07) is 22.5. The highest BCUT2D eigenvalue weighted by atomic mass is 35.5. The molecule has 0 saturated carbocycles. The van der Waals surface area contributed by atoms with Gasteiger partial charge >= 0.3 is 5.97 Å². The Balaban J connectivity index is 1.49. The first kappa shape index (κ1) is 30.5. The average molecular weight is 619 g/mol. The zero-order chi connectivity index (χ0) is 30.2. The molecular formula is C33H35ClN4O4S. The highest BCUT2D eigenvalue weighted by Crippen LogP contribution is 2.40. The molecule has 224 valence electrons. The fourth-order valence-electron chi connectivity index (χ4n) is 4.73. The van der Waals surface area contributed by atoms with Crippen molar-refractivity contribution in [1.82, 2.24) is 14.8 Å². The number of allylic oxidation sites excluding steroid dienone is 1. The molecule has 10 heteroatoms. The molecule has 4 aromatic rings. The third-order valence-electron chi connectivity index (χ3n) is 6.92. The molecule has 0 aliphatic carbocycles. The Morgan fingerprint density at radius 2 is 1.81 bits per heavy atom. The number of nitrogens with one attached hydrogen (secondary N) is 1. The Morgan fingerprint density at radius 1 is 1.02 bits per heavy atom. The van der Waals surface area contributed by atoms with Gasteiger partial charge in [0.1, 0.15) is 12.6 Å². The van der Waals surface area contributed by atoms with Gasteiger partial charge in [0.25, 0.3) is 0 Å². The summed E-state index contributed by atoms with van der Waals surface area (Å²) in [7, 11) is 0. The lowest BCUT2D eigenvalue weighted by Crippen LogP contribution is -2.29. The normalized spacial score (nSPS) is 14.2. The number of carbonyl (C=O) groups excluding carboxylic acids is 1. The van der Waals surface area contributed by atoms with Crippen molar-refractivity contribution in [2.45, 2.75) is 57.2 Å². The van der Waals surface area contributed by atoms with E-state index in [2.05, 4.69) is 12.2 Å². The van der Waals surface area contributed by atoms with Gasteiger partial charge in [-0.3, -0.25) is 0 Å². The molecule has 2 heterocycles. The summed E-state index contributed by atoms with van der Waals surface area (Å²) in [5, 5.41) is 9.38. The van der Waals surface area contributed by atoms with Gasteiger partial charge in [-0.2, -0.15) is 4.98 Å². The molecule has 0 spiro atoms. The summed E-state index contributed by atoms with van der Waals surface area (Å²) < 4.78 is 19.6. The molecule has 43 heavy (non-hydrogen) atoms. The number of ether oxygens (including phenoxy) is 3. The van der Waals surface area contributed by atoms with Gasteiger partial charge in [0, 0.05) is 16.5 Å². The smallest absolute Gasteiger partial charge is 0.338 e. The zero-order valence-corrected chi connectivity index (χ0v) is 26.1. The first-order valence-electron chi connectivity index (χ1n) is 14.4. The fourth-order valence-corrected chi connectivity index (χ4v) is 5.85. The van der Waals surface area contributed by atoms with Crippen LogP contribution >= 0.6 is 23.4 Å². The highest BCUT2D eigenvalue weighted by molar-refractivity contribution is 7.98. The van der Waals surface area contributed by atoms with Crippen LogP contribution in [0.2, 0.25) is 5.02 Å². The first-order valence-corrected chi connectivity index (χ1v) is 15.8. The number of hydrogen-bond donors (Lipinski definition) is 1. The number of thioether (sulfide) groups is 1. The lowest BCUT2D eigenvalue weighted by atomic mass is 9.95. The first-order chi connectivity index (χ1) is 21.0. The van der Waals surface area contributed by atoms with Crippen LogP contribution in [0, 0.1) is 0 Å². The number of anilines is 1. The van der Waals surface area contributed by atoms with E-state index in [0.717, 1.165) is 29.5 Å². The molecular weight excluding hydrogens is 584 g/mol. The molecule has 1 aliphatic rings. The van der Waals surface area contributed by atoms with E-state index >= 15 is 0 Å². The summed E-state index contributed by atoms with van der Waals surface area (Å²) in [4.78, 5) is 18.5. The third kappa shape index (κ3) is 7.35. The van der Waals surface area contributed by atoms with Crippen LogP contribution in [-0.2, 0) is 21.9 Å². The highest BCUT2D eigenvalue weighted by Gasteiger charge is 2.36. The monoisotopic (exact) mass is 618 g/mol. The molecule has 8 nitrogen and oxygen atoms in total. The summed E-state index contributed by atoms with van der Waals surface area (Å²) in [6.45, 7) is 7.13. The fraction of sp³-hybridized carbons (Fsp3) is 0.303.